The lowest BCUT2D eigenvalue weighted by molar-refractivity contribution is -0.153. The Balaban J connectivity index is 1.88. The summed E-state index contributed by atoms with van der Waals surface area (Å²) in [6.07, 6.45) is 0.0559. The number of ether oxygens (including phenoxy) is 2. The summed E-state index contributed by atoms with van der Waals surface area (Å²) in [7, 11) is 1.53. The number of furan rings is 1. The van der Waals surface area contributed by atoms with E-state index in [1.165, 1.54) is 14.0 Å². The first-order valence-corrected chi connectivity index (χ1v) is 8.53. The van der Waals surface area contributed by atoms with Crippen LogP contribution in [-0.4, -0.2) is 25.1 Å². The third-order valence-electron chi connectivity index (χ3n) is 4.09. The maximum Gasteiger partial charge on any atom is 0.306 e. The van der Waals surface area contributed by atoms with E-state index in [-0.39, 0.29) is 6.42 Å². The summed E-state index contributed by atoms with van der Waals surface area (Å²) in [6, 6.07) is 11.2. The van der Waals surface area contributed by atoms with Crippen molar-refractivity contribution in [3.05, 3.63) is 36.4 Å². The highest BCUT2D eigenvalue weighted by atomic mass is 16.5. The van der Waals surface area contributed by atoms with Gasteiger partial charge in [-0.2, -0.15) is 0 Å². The van der Waals surface area contributed by atoms with Gasteiger partial charge in [-0.15, -0.1) is 0 Å². The van der Waals surface area contributed by atoms with E-state index in [0.29, 0.717) is 23.4 Å². The molecule has 1 atom stereocenters. The Morgan fingerprint density at radius 1 is 1.15 bits per heavy atom. The number of benzene rings is 2. The lowest BCUT2D eigenvalue weighted by Gasteiger charge is -2.15. The summed E-state index contributed by atoms with van der Waals surface area (Å²) < 4.78 is 16.4. The van der Waals surface area contributed by atoms with Gasteiger partial charge in [0.2, 0.25) is 0 Å². The van der Waals surface area contributed by atoms with Gasteiger partial charge in [0.1, 0.15) is 16.9 Å². The SMILES string of the molecule is CCCC(=O)O[C@@H](C)C(=O)Nc1cc2oc3ccccc3c2cc1OC. The van der Waals surface area contributed by atoms with Crippen LogP contribution in [0, 0.1) is 0 Å². The molecule has 3 rings (SSSR count). The van der Waals surface area contributed by atoms with E-state index < -0.39 is 18.0 Å². The number of carbonyl (C=O) groups excluding carboxylic acids is 2. The minimum atomic E-state index is -0.898. The van der Waals surface area contributed by atoms with Gasteiger partial charge in [-0.3, -0.25) is 9.59 Å². The summed E-state index contributed by atoms with van der Waals surface area (Å²) >= 11 is 0. The van der Waals surface area contributed by atoms with Crippen molar-refractivity contribution in [1.29, 1.82) is 0 Å². The summed E-state index contributed by atoms with van der Waals surface area (Å²) in [5, 5.41) is 4.62. The highest BCUT2D eigenvalue weighted by Gasteiger charge is 2.20. The van der Waals surface area contributed by atoms with E-state index in [1.54, 1.807) is 6.07 Å². The van der Waals surface area contributed by atoms with Gasteiger partial charge in [-0.05, 0) is 25.5 Å². The van der Waals surface area contributed by atoms with Gasteiger partial charge in [-0.1, -0.05) is 25.1 Å². The predicted molar refractivity (Wildman–Crippen MR) is 99.4 cm³/mol. The fraction of sp³-hybridized carbons (Fsp3) is 0.300. The number of nitrogens with one attached hydrogen (secondary N) is 1. The molecule has 0 fully saturated rings. The molecule has 6 nitrogen and oxygen atoms in total. The number of hydrogen-bond acceptors (Lipinski definition) is 5. The molecule has 136 valence electrons. The Kier molecular flexibility index (Phi) is 5.11. The number of rotatable bonds is 6. The number of methoxy groups -OCH3 is 1. The van der Waals surface area contributed by atoms with Crippen molar-refractivity contribution in [1.82, 2.24) is 0 Å². The largest absolute Gasteiger partial charge is 0.495 e. The van der Waals surface area contributed by atoms with Gasteiger partial charge >= 0.3 is 5.97 Å². The molecule has 0 saturated carbocycles. The van der Waals surface area contributed by atoms with Crippen molar-refractivity contribution >= 4 is 39.5 Å². The zero-order valence-electron chi connectivity index (χ0n) is 15.0. The molecule has 1 N–H and O–H groups in total. The molecule has 0 radical (unpaired) electrons. The molecule has 0 aliphatic carbocycles. The molecule has 1 heterocycles. The van der Waals surface area contributed by atoms with Gasteiger partial charge in [0.05, 0.1) is 12.8 Å². The molecule has 26 heavy (non-hydrogen) atoms. The maximum atomic E-state index is 12.4. The molecule has 2 aromatic carbocycles. The van der Waals surface area contributed by atoms with Crippen LogP contribution in [0.3, 0.4) is 0 Å². The van der Waals surface area contributed by atoms with Crippen LogP contribution in [0.2, 0.25) is 0 Å². The second kappa shape index (κ2) is 7.47. The van der Waals surface area contributed by atoms with E-state index >= 15 is 0 Å². The van der Waals surface area contributed by atoms with Crippen LogP contribution in [0.25, 0.3) is 21.9 Å². The van der Waals surface area contributed by atoms with Crippen molar-refractivity contribution in [2.75, 3.05) is 12.4 Å². The van der Waals surface area contributed by atoms with E-state index in [9.17, 15) is 9.59 Å². The van der Waals surface area contributed by atoms with Gasteiger partial charge in [-0.25, -0.2) is 0 Å². The minimum Gasteiger partial charge on any atom is -0.495 e. The van der Waals surface area contributed by atoms with E-state index in [2.05, 4.69) is 5.32 Å². The van der Waals surface area contributed by atoms with Crippen LogP contribution in [0.5, 0.6) is 5.75 Å². The maximum absolute atomic E-state index is 12.4. The van der Waals surface area contributed by atoms with Crippen LogP contribution in [-0.2, 0) is 14.3 Å². The fourth-order valence-corrected chi connectivity index (χ4v) is 2.77. The smallest absolute Gasteiger partial charge is 0.306 e. The highest BCUT2D eigenvalue weighted by molar-refractivity contribution is 6.08. The van der Waals surface area contributed by atoms with Crippen molar-refractivity contribution in [2.45, 2.75) is 32.8 Å². The van der Waals surface area contributed by atoms with E-state index in [4.69, 9.17) is 13.9 Å². The molecule has 0 unspecified atom stereocenters. The van der Waals surface area contributed by atoms with Crippen molar-refractivity contribution in [3.63, 3.8) is 0 Å². The summed E-state index contributed by atoms with van der Waals surface area (Å²) in [5.41, 5.74) is 1.86. The third kappa shape index (κ3) is 3.49. The van der Waals surface area contributed by atoms with Gasteiger partial charge in [0, 0.05) is 23.3 Å². The van der Waals surface area contributed by atoms with Crippen LogP contribution in [0.15, 0.2) is 40.8 Å². The lowest BCUT2D eigenvalue weighted by Crippen LogP contribution is -2.30. The first-order chi connectivity index (χ1) is 12.5. The number of anilines is 1. The molecule has 1 aromatic heterocycles. The number of carbonyl (C=O) groups is 2. The Morgan fingerprint density at radius 2 is 1.92 bits per heavy atom. The van der Waals surface area contributed by atoms with Crippen LogP contribution in [0.4, 0.5) is 5.69 Å². The zero-order valence-corrected chi connectivity index (χ0v) is 15.0. The molecular weight excluding hydrogens is 334 g/mol. The molecule has 0 aliphatic heterocycles. The number of hydrogen-bond donors (Lipinski definition) is 1. The van der Waals surface area contributed by atoms with E-state index in [0.717, 1.165) is 16.4 Å². The number of esters is 1. The average molecular weight is 355 g/mol. The third-order valence-corrected chi connectivity index (χ3v) is 4.09. The summed E-state index contributed by atoms with van der Waals surface area (Å²) in [4.78, 5) is 23.9. The zero-order chi connectivity index (χ0) is 18.7. The topological polar surface area (TPSA) is 77.8 Å². The Bertz CT molecular complexity index is 959. The molecule has 0 aliphatic rings. The van der Waals surface area contributed by atoms with Crippen LogP contribution < -0.4 is 10.1 Å². The van der Waals surface area contributed by atoms with E-state index in [1.807, 2.05) is 37.3 Å². The number of fused-ring (bicyclic) bond motifs is 3. The second-order valence-corrected chi connectivity index (χ2v) is 6.02. The standard InChI is InChI=1S/C20H21NO5/c1-4-7-19(22)25-12(2)20(23)21-15-11-17-14(10-18(15)24-3)13-8-5-6-9-16(13)26-17/h5-6,8-12H,4,7H2,1-3H3,(H,21,23)/t12-/m0/s1. The average Bonchev–Trinajstić information content (AvgIpc) is 2.98. The molecule has 0 spiro atoms. The summed E-state index contributed by atoms with van der Waals surface area (Å²) in [6.45, 7) is 3.41. The first-order valence-electron chi connectivity index (χ1n) is 8.53. The summed E-state index contributed by atoms with van der Waals surface area (Å²) in [5.74, 6) is -0.317. The fourth-order valence-electron chi connectivity index (χ4n) is 2.77. The lowest BCUT2D eigenvalue weighted by atomic mass is 10.1. The Hall–Kier alpha value is -3.02. The van der Waals surface area contributed by atoms with Gasteiger partial charge in [0.25, 0.3) is 5.91 Å². The molecule has 0 bridgehead atoms. The van der Waals surface area contributed by atoms with Crippen molar-refractivity contribution < 1.29 is 23.5 Å². The first kappa shape index (κ1) is 17.8. The molecule has 6 heteroatoms. The highest BCUT2D eigenvalue weighted by Crippen LogP contribution is 2.36. The number of para-hydroxylation sites is 1. The minimum absolute atomic E-state index is 0.284. The monoisotopic (exact) mass is 355 g/mol. The van der Waals surface area contributed by atoms with Gasteiger partial charge in [0.15, 0.2) is 6.10 Å². The van der Waals surface area contributed by atoms with Gasteiger partial charge < -0.3 is 19.2 Å². The predicted octanol–water partition coefficient (Wildman–Crippen LogP) is 4.26. The normalized spacial score (nSPS) is 12.1. The number of amides is 1. The molecule has 3 aromatic rings. The van der Waals surface area contributed by atoms with Crippen molar-refractivity contribution in [2.24, 2.45) is 0 Å². The van der Waals surface area contributed by atoms with Crippen LogP contribution in [0.1, 0.15) is 26.7 Å². The van der Waals surface area contributed by atoms with Crippen molar-refractivity contribution in [3.8, 4) is 5.75 Å². The quantitative estimate of drug-likeness (QED) is 0.668. The Morgan fingerprint density at radius 3 is 2.65 bits per heavy atom. The Labute approximate surface area is 151 Å². The molecule has 0 saturated heterocycles. The molecule has 1 amide bonds. The second-order valence-electron chi connectivity index (χ2n) is 6.02. The molecular formula is C20H21NO5. The van der Waals surface area contributed by atoms with Crippen LogP contribution >= 0.6 is 0 Å².